The summed E-state index contributed by atoms with van der Waals surface area (Å²) in [4.78, 5) is 22.3. The van der Waals surface area contributed by atoms with Crippen molar-refractivity contribution in [3.63, 3.8) is 0 Å². The lowest BCUT2D eigenvalue weighted by molar-refractivity contribution is -0.128. The predicted molar refractivity (Wildman–Crippen MR) is 82.1 cm³/mol. The van der Waals surface area contributed by atoms with Crippen LogP contribution >= 0.6 is 0 Å². The molecule has 0 aliphatic rings. The van der Waals surface area contributed by atoms with E-state index in [1.807, 2.05) is 20.9 Å². The molecule has 0 saturated heterocycles. The van der Waals surface area contributed by atoms with Crippen molar-refractivity contribution in [2.24, 2.45) is 0 Å². The van der Waals surface area contributed by atoms with Gasteiger partial charge in [0.25, 0.3) is 0 Å². The van der Waals surface area contributed by atoms with Crippen LogP contribution in [0.3, 0.4) is 0 Å². The van der Waals surface area contributed by atoms with Gasteiger partial charge in [-0.25, -0.2) is 9.97 Å². The van der Waals surface area contributed by atoms with Gasteiger partial charge in [-0.3, -0.25) is 4.79 Å². The van der Waals surface area contributed by atoms with E-state index in [1.54, 1.807) is 4.90 Å². The van der Waals surface area contributed by atoms with Crippen LogP contribution in [0.25, 0.3) is 0 Å². The standard InChI is InChI=1S/C14H25N5O/c1-6-19(7-2)11(20)8-16-14-12(10(3)4)13(15-5)17-9-18-14/h9-10H,6-8H2,1-5H3,(H2,15,16,17,18). The van der Waals surface area contributed by atoms with Gasteiger partial charge in [-0.15, -0.1) is 0 Å². The Labute approximate surface area is 121 Å². The Kier molecular flexibility index (Phi) is 6.21. The molecule has 112 valence electrons. The zero-order valence-electron chi connectivity index (χ0n) is 13.0. The number of likely N-dealkylation sites (N-methyl/N-ethyl adjacent to an activating group) is 1. The van der Waals surface area contributed by atoms with E-state index in [1.165, 1.54) is 6.33 Å². The van der Waals surface area contributed by atoms with Crippen LogP contribution in [0, 0.1) is 0 Å². The van der Waals surface area contributed by atoms with E-state index in [-0.39, 0.29) is 18.4 Å². The van der Waals surface area contributed by atoms with Crippen molar-refractivity contribution in [2.45, 2.75) is 33.6 Å². The maximum atomic E-state index is 12.0. The minimum Gasteiger partial charge on any atom is -0.373 e. The lowest BCUT2D eigenvalue weighted by atomic mass is 10.0. The summed E-state index contributed by atoms with van der Waals surface area (Å²) >= 11 is 0. The number of carbonyl (C=O) groups is 1. The van der Waals surface area contributed by atoms with Crippen molar-refractivity contribution in [3.8, 4) is 0 Å². The topological polar surface area (TPSA) is 70.2 Å². The number of aromatic nitrogens is 2. The lowest BCUT2D eigenvalue weighted by Gasteiger charge is -2.20. The third-order valence-electron chi connectivity index (χ3n) is 3.22. The maximum Gasteiger partial charge on any atom is 0.241 e. The zero-order valence-corrected chi connectivity index (χ0v) is 13.0. The van der Waals surface area contributed by atoms with Gasteiger partial charge in [-0.2, -0.15) is 0 Å². The number of carbonyl (C=O) groups excluding carboxylic acids is 1. The molecule has 0 atom stereocenters. The number of nitrogens with zero attached hydrogens (tertiary/aromatic N) is 3. The molecule has 1 aromatic heterocycles. The Morgan fingerprint density at radius 1 is 1.25 bits per heavy atom. The van der Waals surface area contributed by atoms with Crippen LogP contribution in [0.2, 0.25) is 0 Å². The first-order chi connectivity index (χ1) is 9.54. The second-order valence-electron chi connectivity index (χ2n) is 4.81. The summed E-state index contributed by atoms with van der Waals surface area (Å²) in [6.45, 7) is 9.81. The monoisotopic (exact) mass is 279 g/mol. The van der Waals surface area contributed by atoms with Crippen LogP contribution < -0.4 is 10.6 Å². The highest BCUT2D eigenvalue weighted by atomic mass is 16.2. The van der Waals surface area contributed by atoms with Gasteiger partial charge in [0.2, 0.25) is 5.91 Å². The molecule has 6 heteroatoms. The number of hydrogen-bond acceptors (Lipinski definition) is 5. The highest BCUT2D eigenvalue weighted by Gasteiger charge is 2.16. The Hall–Kier alpha value is -1.85. The van der Waals surface area contributed by atoms with E-state index >= 15 is 0 Å². The Bertz CT molecular complexity index is 443. The van der Waals surface area contributed by atoms with Gasteiger partial charge in [-0.05, 0) is 19.8 Å². The third-order valence-corrected chi connectivity index (χ3v) is 3.22. The minimum atomic E-state index is 0.0781. The fourth-order valence-electron chi connectivity index (χ4n) is 2.13. The molecule has 0 bridgehead atoms. The molecule has 0 saturated carbocycles. The summed E-state index contributed by atoms with van der Waals surface area (Å²) in [6.07, 6.45) is 1.50. The minimum absolute atomic E-state index is 0.0781. The molecular formula is C14H25N5O. The summed E-state index contributed by atoms with van der Waals surface area (Å²) in [6, 6.07) is 0. The van der Waals surface area contributed by atoms with Gasteiger partial charge in [0.05, 0.1) is 6.54 Å². The molecule has 0 aliphatic carbocycles. The molecule has 1 rings (SSSR count). The molecule has 0 aliphatic heterocycles. The van der Waals surface area contributed by atoms with E-state index in [2.05, 4.69) is 34.4 Å². The second kappa shape index (κ2) is 7.67. The summed E-state index contributed by atoms with van der Waals surface area (Å²) in [5.41, 5.74) is 1.00. The first kappa shape index (κ1) is 16.2. The predicted octanol–water partition coefficient (Wildman–Crippen LogP) is 1.92. The molecule has 0 spiro atoms. The van der Waals surface area contributed by atoms with Crippen LogP contribution in [0.1, 0.15) is 39.2 Å². The molecule has 1 aromatic rings. The van der Waals surface area contributed by atoms with Gasteiger partial charge < -0.3 is 15.5 Å². The van der Waals surface area contributed by atoms with Gasteiger partial charge in [-0.1, -0.05) is 13.8 Å². The molecule has 0 aromatic carbocycles. The first-order valence-corrected chi connectivity index (χ1v) is 7.09. The average Bonchev–Trinajstić information content (AvgIpc) is 2.45. The van der Waals surface area contributed by atoms with Gasteiger partial charge >= 0.3 is 0 Å². The van der Waals surface area contributed by atoms with Crippen LogP contribution in [0.15, 0.2) is 6.33 Å². The average molecular weight is 279 g/mol. The van der Waals surface area contributed by atoms with Crippen LogP contribution in [-0.4, -0.2) is 47.5 Å². The molecule has 1 heterocycles. The molecule has 0 radical (unpaired) electrons. The fraction of sp³-hybridized carbons (Fsp3) is 0.643. The van der Waals surface area contributed by atoms with E-state index in [9.17, 15) is 4.79 Å². The molecule has 2 N–H and O–H groups in total. The van der Waals surface area contributed by atoms with E-state index in [0.29, 0.717) is 0 Å². The zero-order chi connectivity index (χ0) is 15.1. The second-order valence-corrected chi connectivity index (χ2v) is 4.81. The number of anilines is 2. The Morgan fingerprint density at radius 3 is 2.35 bits per heavy atom. The van der Waals surface area contributed by atoms with Gasteiger partial charge in [0, 0.05) is 25.7 Å². The van der Waals surface area contributed by atoms with Crippen LogP contribution in [0.5, 0.6) is 0 Å². The molecular weight excluding hydrogens is 254 g/mol. The van der Waals surface area contributed by atoms with Gasteiger partial charge in [0.1, 0.15) is 18.0 Å². The van der Waals surface area contributed by atoms with Crippen LogP contribution in [-0.2, 0) is 4.79 Å². The molecule has 1 amide bonds. The Balaban J connectivity index is 2.85. The third kappa shape index (κ3) is 3.82. The summed E-state index contributed by atoms with van der Waals surface area (Å²) in [5.74, 6) is 1.87. The molecule has 0 unspecified atom stereocenters. The van der Waals surface area contributed by atoms with E-state index < -0.39 is 0 Å². The highest BCUT2D eigenvalue weighted by Crippen LogP contribution is 2.27. The Morgan fingerprint density at radius 2 is 1.85 bits per heavy atom. The van der Waals surface area contributed by atoms with Crippen molar-refractivity contribution in [3.05, 3.63) is 11.9 Å². The fourth-order valence-corrected chi connectivity index (χ4v) is 2.13. The van der Waals surface area contributed by atoms with E-state index in [0.717, 1.165) is 30.3 Å². The number of rotatable bonds is 7. The van der Waals surface area contributed by atoms with Crippen molar-refractivity contribution >= 4 is 17.5 Å². The quantitative estimate of drug-likeness (QED) is 0.798. The lowest BCUT2D eigenvalue weighted by Crippen LogP contribution is -2.35. The van der Waals surface area contributed by atoms with Crippen molar-refractivity contribution < 1.29 is 4.79 Å². The maximum absolute atomic E-state index is 12.0. The van der Waals surface area contributed by atoms with Crippen molar-refractivity contribution in [1.82, 2.24) is 14.9 Å². The van der Waals surface area contributed by atoms with Crippen molar-refractivity contribution in [2.75, 3.05) is 37.3 Å². The summed E-state index contributed by atoms with van der Waals surface area (Å²) < 4.78 is 0. The summed E-state index contributed by atoms with van der Waals surface area (Å²) in [7, 11) is 1.83. The van der Waals surface area contributed by atoms with Crippen molar-refractivity contribution in [1.29, 1.82) is 0 Å². The molecule has 6 nitrogen and oxygen atoms in total. The normalized spacial score (nSPS) is 10.5. The van der Waals surface area contributed by atoms with Crippen LogP contribution in [0.4, 0.5) is 11.6 Å². The summed E-state index contributed by atoms with van der Waals surface area (Å²) in [5, 5.41) is 6.20. The number of amides is 1. The first-order valence-electron chi connectivity index (χ1n) is 7.09. The molecule has 20 heavy (non-hydrogen) atoms. The highest BCUT2D eigenvalue weighted by molar-refractivity contribution is 5.81. The van der Waals surface area contributed by atoms with E-state index in [4.69, 9.17) is 0 Å². The number of nitrogens with one attached hydrogen (secondary N) is 2. The smallest absolute Gasteiger partial charge is 0.241 e. The van der Waals surface area contributed by atoms with Gasteiger partial charge in [0.15, 0.2) is 0 Å². The SMILES string of the molecule is CCN(CC)C(=O)CNc1ncnc(NC)c1C(C)C. The number of hydrogen-bond donors (Lipinski definition) is 2. The molecule has 0 fully saturated rings. The largest absolute Gasteiger partial charge is 0.373 e.